The molecule has 0 spiro atoms. The van der Waals surface area contributed by atoms with Crippen LogP contribution in [0.2, 0.25) is 0 Å². The summed E-state index contributed by atoms with van der Waals surface area (Å²) >= 11 is 1.67. The molecule has 4 heteroatoms. The summed E-state index contributed by atoms with van der Waals surface area (Å²) in [5.41, 5.74) is 1.52. The van der Waals surface area contributed by atoms with E-state index in [-0.39, 0.29) is 17.1 Å². The molecule has 1 fully saturated rings. The Morgan fingerprint density at radius 1 is 1.15 bits per heavy atom. The fraction of sp³-hybridized carbons (Fsp3) is 0.188. The third-order valence-corrected chi connectivity index (χ3v) is 4.57. The van der Waals surface area contributed by atoms with Gasteiger partial charge in [-0.3, -0.25) is 4.79 Å². The Labute approximate surface area is 121 Å². The minimum atomic E-state index is -0.262. The molecule has 20 heavy (non-hydrogen) atoms. The van der Waals surface area contributed by atoms with E-state index < -0.39 is 0 Å². The van der Waals surface area contributed by atoms with E-state index in [2.05, 4.69) is 0 Å². The highest BCUT2D eigenvalue weighted by molar-refractivity contribution is 7.99. The van der Waals surface area contributed by atoms with Crippen molar-refractivity contribution in [1.82, 2.24) is 4.90 Å². The van der Waals surface area contributed by atoms with Gasteiger partial charge in [0.25, 0.3) is 5.91 Å². The summed E-state index contributed by atoms with van der Waals surface area (Å²) in [6, 6.07) is 15.7. The van der Waals surface area contributed by atoms with Gasteiger partial charge in [-0.2, -0.15) is 0 Å². The number of carbonyl (C=O) groups excluding carboxylic acids is 1. The van der Waals surface area contributed by atoms with E-state index in [4.69, 9.17) is 0 Å². The lowest BCUT2D eigenvalue weighted by molar-refractivity contribution is 0.0760. The molecule has 0 aliphatic carbocycles. The minimum absolute atomic E-state index is 0.00450. The Morgan fingerprint density at radius 3 is 2.70 bits per heavy atom. The monoisotopic (exact) mass is 287 g/mol. The number of carbonyl (C=O) groups is 1. The molecule has 3 rings (SSSR count). The molecular weight excluding hydrogens is 273 g/mol. The minimum Gasteiger partial charge on any atom is -0.322 e. The van der Waals surface area contributed by atoms with E-state index in [1.54, 1.807) is 17.8 Å². The summed E-state index contributed by atoms with van der Waals surface area (Å²) in [6.07, 6.45) is 0. The summed E-state index contributed by atoms with van der Waals surface area (Å²) in [6.45, 7) is 0.694. The molecular formula is C16H14FNOS. The Hall–Kier alpha value is -1.81. The van der Waals surface area contributed by atoms with E-state index in [0.717, 1.165) is 11.3 Å². The van der Waals surface area contributed by atoms with Gasteiger partial charge < -0.3 is 4.90 Å². The van der Waals surface area contributed by atoms with Gasteiger partial charge in [0.15, 0.2) is 0 Å². The summed E-state index contributed by atoms with van der Waals surface area (Å²) in [7, 11) is 0. The quantitative estimate of drug-likeness (QED) is 0.839. The molecule has 2 aromatic rings. The molecule has 0 radical (unpaired) electrons. The second kappa shape index (κ2) is 5.67. The summed E-state index contributed by atoms with van der Waals surface area (Å²) in [5.74, 6) is 0.617. The van der Waals surface area contributed by atoms with Crippen LogP contribution in [-0.2, 0) is 0 Å². The van der Waals surface area contributed by atoms with Crippen LogP contribution in [0.3, 0.4) is 0 Å². The topological polar surface area (TPSA) is 20.3 Å². The molecule has 2 aromatic carbocycles. The van der Waals surface area contributed by atoms with Crippen LogP contribution in [0.4, 0.5) is 4.39 Å². The van der Waals surface area contributed by atoms with E-state index >= 15 is 0 Å². The van der Waals surface area contributed by atoms with Crippen molar-refractivity contribution in [3.05, 3.63) is 71.5 Å². The van der Waals surface area contributed by atoms with Gasteiger partial charge in [0.1, 0.15) is 11.2 Å². The highest BCUT2D eigenvalue weighted by Crippen LogP contribution is 2.38. The SMILES string of the molecule is O=C(c1ccccc1)N1CCS[C@H]1c1cccc(F)c1. The third-order valence-electron chi connectivity index (χ3n) is 3.31. The van der Waals surface area contributed by atoms with E-state index in [9.17, 15) is 9.18 Å². The maximum absolute atomic E-state index is 13.4. The normalized spacial score (nSPS) is 18.2. The summed E-state index contributed by atoms with van der Waals surface area (Å²) in [5, 5.41) is -0.0987. The van der Waals surface area contributed by atoms with Crippen LogP contribution in [0.15, 0.2) is 54.6 Å². The number of nitrogens with zero attached hydrogens (tertiary/aromatic N) is 1. The van der Waals surface area contributed by atoms with Crippen molar-refractivity contribution in [2.45, 2.75) is 5.37 Å². The molecule has 0 bridgehead atoms. The Bertz CT molecular complexity index is 617. The van der Waals surface area contributed by atoms with Gasteiger partial charge >= 0.3 is 0 Å². The van der Waals surface area contributed by atoms with Gasteiger partial charge in [-0.15, -0.1) is 11.8 Å². The summed E-state index contributed by atoms with van der Waals surface area (Å²) in [4.78, 5) is 14.3. The smallest absolute Gasteiger partial charge is 0.255 e. The van der Waals surface area contributed by atoms with Crippen LogP contribution in [0.5, 0.6) is 0 Å². The fourth-order valence-electron chi connectivity index (χ4n) is 2.36. The van der Waals surface area contributed by atoms with Gasteiger partial charge in [0, 0.05) is 17.9 Å². The average Bonchev–Trinajstić information content (AvgIpc) is 2.97. The first kappa shape index (κ1) is 13.2. The number of thioether (sulfide) groups is 1. The van der Waals surface area contributed by atoms with Gasteiger partial charge in [-0.25, -0.2) is 4.39 Å². The number of amides is 1. The predicted molar refractivity (Wildman–Crippen MR) is 79.1 cm³/mol. The van der Waals surface area contributed by atoms with Gasteiger partial charge in [0.2, 0.25) is 0 Å². The van der Waals surface area contributed by atoms with Gasteiger partial charge in [0.05, 0.1) is 0 Å². The van der Waals surface area contributed by atoms with E-state index in [1.807, 2.05) is 41.3 Å². The van der Waals surface area contributed by atoms with Crippen molar-refractivity contribution in [2.24, 2.45) is 0 Å². The number of hydrogen-bond donors (Lipinski definition) is 0. The van der Waals surface area contributed by atoms with Crippen molar-refractivity contribution in [3.63, 3.8) is 0 Å². The Kier molecular flexibility index (Phi) is 3.74. The molecule has 1 aliphatic rings. The van der Waals surface area contributed by atoms with Crippen molar-refractivity contribution < 1.29 is 9.18 Å². The first-order valence-corrected chi connectivity index (χ1v) is 7.53. The highest BCUT2D eigenvalue weighted by atomic mass is 32.2. The van der Waals surface area contributed by atoms with Crippen molar-refractivity contribution in [3.8, 4) is 0 Å². The molecule has 1 atom stereocenters. The second-order valence-electron chi connectivity index (χ2n) is 4.64. The molecule has 0 N–H and O–H groups in total. The molecule has 1 heterocycles. The second-order valence-corrected chi connectivity index (χ2v) is 5.83. The molecule has 0 aromatic heterocycles. The molecule has 2 nitrogen and oxygen atoms in total. The molecule has 0 unspecified atom stereocenters. The molecule has 1 amide bonds. The maximum Gasteiger partial charge on any atom is 0.255 e. The van der Waals surface area contributed by atoms with Gasteiger partial charge in [-0.1, -0.05) is 30.3 Å². The van der Waals surface area contributed by atoms with Crippen molar-refractivity contribution in [2.75, 3.05) is 12.3 Å². The first-order chi connectivity index (χ1) is 9.75. The van der Waals surface area contributed by atoms with Crippen LogP contribution in [0, 0.1) is 5.82 Å². The molecule has 102 valence electrons. The zero-order valence-electron chi connectivity index (χ0n) is 10.8. The molecule has 1 saturated heterocycles. The van der Waals surface area contributed by atoms with Crippen molar-refractivity contribution in [1.29, 1.82) is 0 Å². The Morgan fingerprint density at radius 2 is 1.95 bits per heavy atom. The maximum atomic E-state index is 13.4. The zero-order valence-corrected chi connectivity index (χ0v) is 11.6. The number of rotatable bonds is 2. The average molecular weight is 287 g/mol. The number of hydrogen-bond acceptors (Lipinski definition) is 2. The molecule has 1 aliphatic heterocycles. The lowest BCUT2D eigenvalue weighted by Crippen LogP contribution is -2.30. The predicted octanol–water partition coefficient (Wildman–Crippen LogP) is 3.71. The van der Waals surface area contributed by atoms with Crippen LogP contribution in [0.25, 0.3) is 0 Å². The van der Waals surface area contributed by atoms with E-state index in [0.29, 0.717) is 12.1 Å². The van der Waals surface area contributed by atoms with Crippen LogP contribution < -0.4 is 0 Å². The van der Waals surface area contributed by atoms with Crippen LogP contribution in [-0.4, -0.2) is 23.1 Å². The summed E-state index contributed by atoms with van der Waals surface area (Å²) < 4.78 is 13.4. The number of halogens is 1. The zero-order chi connectivity index (χ0) is 13.9. The number of benzene rings is 2. The first-order valence-electron chi connectivity index (χ1n) is 6.49. The fourth-order valence-corrected chi connectivity index (χ4v) is 3.61. The Balaban J connectivity index is 1.88. The van der Waals surface area contributed by atoms with E-state index in [1.165, 1.54) is 12.1 Å². The third kappa shape index (κ3) is 2.56. The molecule has 0 saturated carbocycles. The largest absolute Gasteiger partial charge is 0.322 e. The highest BCUT2D eigenvalue weighted by Gasteiger charge is 2.31. The van der Waals surface area contributed by atoms with Crippen LogP contribution in [0.1, 0.15) is 21.3 Å². The van der Waals surface area contributed by atoms with Crippen molar-refractivity contribution >= 4 is 17.7 Å². The lowest BCUT2D eigenvalue weighted by Gasteiger charge is -2.24. The van der Waals surface area contributed by atoms with Gasteiger partial charge in [-0.05, 0) is 29.8 Å². The standard InChI is InChI=1S/C16H14FNOS/c17-14-8-4-7-13(11-14)16-18(9-10-20-16)15(19)12-5-2-1-3-6-12/h1-8,11,16H,9-10H2/t16-/m0/s1. The van der Waals surface area contributed by atoms with Crippen LogP contribution >= 0.6 is 11.8 Å². The lowest BCUT2D eigenvalue weighted by atomic mass is 10.1.